The van der Waals surface area contributed by atoms with Crippen molar-refractivity contribution in [1.29, 1.82) is 0 Å². The van der Waals surface area contributed by atoms with E-state index in [0.29, 0.717) is 11.7 Å². The monoisotopic (exact) mass is 309 g/mol. The molecule has 0 radical (unpaired) electrons. The lowest BCUT2D eigenvalue weighted by atomic mass is 10.0. The van der Waals surface area contributed by atoms with Gasteiger partial charge in [0.1, 0.15) is 5.75 Å². The Morgan fingerprint density at radius 2 is 2.05 bits per heavy atom. The average molecular weight is 309 g/mol. The minimum atomic E-state index is -1.48. The summed E-state index contributed by atoms with van der Waals surface area (Å²) in [5.74, 6) is -0.749. The number of hydrogen-bond donors (Lipinski definition) is 2. The maximum atomic E-state index is 11.9. The van der Waals surface area contributed by atoms with Gasteiger partial charge in [0.25, 0.3) is 5.91 Å². The number of ether oxygens (including phenoxy) is 2. The number of hydrogen-bond acceptors (Lipinski definition) is 4. The minimum Gasteiger partial charge on any atom is -0.484 e. The summed E-state index contributed by atoms with van der Waals surface area (Å²) < 4.78 is 10.3. The predicted molar refractivity (Wildman–Crippen MR) is 82.1 cm³/mol. The fraction of sp³-hybridized carbons (Fsp3) is 0.500. The van der Waals surface area contributed by atoms with Gasteiger partial charge < -0.3 is 19.9 Å². The Bertz CT molecular complexity index is 529. The molecule has 0 aliphatic rings. The Kier molecular flexibility index (Phi) is 6.37. The summed E-state index contributed by atoms with van der Waals surface area (Å²) in [7, 11) is 1.38. The third-order valence-corrected chi connectivity index (χ3v) is 3.22. The van der Waals surface area contributed by atoms with Crippen molar-refractivity contribution in [1.82, 2.24) is 5.32 Å². The maximum Gasteiger partial charge on any atom is 0.331 e. The van der Waals surface area contributed by atoms with E-state index < -0.39 is 17.4 Å². The van der Waals surface area contributed by atoms with E-state index in [1.165, 1.54) is 14.0 Å². The van der Waals surface area contributed by atoms with Gasteiger partial charge in [-0.3, -0.25) is 4.79 Å². The second-order valence-electron chi connectivity index (χ2n) is 5.63. The zero-order chi connectivity index (χ0) is 16.8. The van der Waals surface area contributed by atoms with E-state index in [4.69, 9.17) is 14.6 Å². The summed E-state index contributed by atoms with van der Waals surface area (Å²) in [5, 5.41) is 11.6. The number of carbonyl (C=O) groups is 2. The Hall–Kier alpha value is -2.08. The molecule has 0 bridgehead atoms. The summed E-state index contributed by atoms with van der Waals surface area (Å²) in [6, 6.07) is 7.46. The molecule has 0 aliphatic heterocycles. The first-order valence-corrected chi connectivity index (χ1v) is 7.04. The van der Waals surface area contributed by atoms with E-state index in [-0.39, 0.29) is 13.2 Å². The molecule has 6 heteroatoms. The largest absolute Gasteiger partial charge is 0.484 e. The van der Waals surface area contributed by atoms with Crippen LogP contribution >= 0.6 is 0 Å². The maximum absolute atomic E-state index is 11.9. The highest BCUT2D eigenvalue weighted by Crippen LogP contribution is 2.20. The number of carbonyl (C=O) groups excluding carboxylic acids is 1. The van der Waals surface area contributed by atoms with Crippen LogP contribution in [0.5, 0.6) is 5.75 Å². The molecule has 0 fully saturated rings. The molecule has 0 saturated heterocycles. The molecule has 0 spiro atoms. The molecule has 1 aromatic rings. The zero-order valence-electron chi connectivity index (χ0n) is 13.4. The Morgan fingerprint density at radius 1 is 1.36 bits per heavy atom. The molecule has 0 aromatic heterocycles. The Morgan fingerprint density at radius 3 is 2.59 bits per heavy atom. The summed E-state index contributed by atoms with van der Waals surface area (Å²) in [6.07, 6.45) is 0. The molecule has 1 aromatic carbocycles. The lowest BCUT2D eigenvalue weighted by Gasteiger charge is -2.25. The smallest absolute Gasteiger partial charge is 0.331 e. The molecule has 1 atom stereocenters. The molecule has 22 heavy (non-hydrogen) atoms. The standard InChI is InChI=1S/C16H23NO5/c1-11(2)12-6-5-7-13(8-12)22-9-14(18)17-16(3,10-21-4)15(19)20/h5-8,11H,9-10H2,1-4H3,(H,17,18)(H,19,20). The first-order valence-electron chi connectivity index (χ1n) is 7.04. The topological polar surface area (TPSA) is 84.9 Å². The number of rotatable bonds is 8. The van der Waals surface area contributed by atoms with Crippen LogP contribution in [0, 0.1) is 0 Å². The fourth-order valence-corrected chi connectivity index (χ4v) is 1.90. The van der Waals surface area contributed by atoms with Gasteiger partial charge >= 0.3 is 5.97 Å². The van der Waals surface area contributed by atoms with Crippen LogP contribution in [-0.2, 0) is 14.3 Å². The minimum absolute atomic E-state index is 0.128. The van der Waals surface area contributed by atoms with Crippen molar-refractivity contribution >= 4 is 11.9 Å². The summed E-state index contributed by atoms with van der Waals surface area (Å²) in [5.41, 5.74) is -0.373. The lowest BCUT2D eigenvalue weighted by molar-refractivity contribution is -0.149. The van der Waals surface area contributed by atoms with Gasteiger partial charge in [-0.05, 0) is 30.5 Å². The third-order valence-electron chi connectivity index (χ3n) is 3.22. The van der Waals surface area contributed by atoms with Gasteiger partial charge in [0.05, 0.1) is 6.61 Å². The number of nitrogens with one attached hydrogen (secondary N) is 1. The van der Waals surface area contributed by atoms with E-state index >= 15 is 0 Å². The van der Waals surface area contributed by atoms with Crippen LogP contribution in [0.1, 0.15) is 32.3 Å². The number of amides is 1. The van der Waals surface area contributed by atoms with Crippen molar-refractivity contribution < 1.29 is 24.2 Å². The van der Waals surface area contributed by atoms with Gasteiger partial charge in [-0.15, -0.1) is 0 Å². The molecule has 1 unspecified atom stereocenters. The quantitative estimate of drug-likeness (QED) is 0.765. The van der Waals surface area contributed by atoms with Crippen LogP contribution < -0.4 is 10.1 Å². The fourth-order valence-electron chi connectivity index (χ4n) is 1.90. The van der Waals surface area contributed by atoms with Gasteiger partial charge in [-0.2, -0.15) is 0 Å². The highest BCUT2D eigenvalue weighted by molar-refractivity contribution is 5.87. The van der Waals surface area contributed by atoms with Crippen LogP contribution in [0.4, 0.5) is 0 Å². The van der Waals surface area contributed by atoms with Crippen LogP contribution in [0.15, 0.2) is 24.3 Å². The van der Waals surface area contributed by atoms with Gasteiger partial charge in [-0.1, -0.05) is 26.0 Å². The van der Waals surface area contributed by atoms with E-state index in [2.05, 4.69) is 19.2 Å². The summed E-state index contributed by atoms with van der Waals surface area (Å²) >= 11 is 0. The summed E-state index contributed by atoms with van der Waals surface area (Å²) in [4.78, 5) is 23.1. The molecule has 0 heterocycles. The molecular weight excluding hydrogens is 286 g/mol. The van der Waals surface area contributed by atoms with Crippen molar-refractivity contribution in [2.24, 2.45) is 0 Å². The zero-order valence-corrected chi connectivity index (χ0v) is 13.4. The van der Waals surface area contributed by atoms with Crippen LogP contribution in [0.2, 0.25) is 0 Å². The highest BCUT2D eigenvalue weighted by atomic mass is 16.5. The Balaban J connectivity index is 2.62. The molecular formula is C16H23NO5. The molecule has 6 nitrogen and oxygen atoms in total. The van der Waals surface area contributed by atoms with Crippen LogP contribution in [-0.4, -0.2) is 42.8 Å². The van der Waals surface area contributed by atoms with Gasteiger partial charge in [0.2, 0.25) is 0 Å². The first-order chi connectivity index (χ1) is 10.3. The number of aliphatic carboxylic acids is 1. The van der Waals surface area contributed by atoms with E-state index in [9.17, 15) is 9.59 Å². The number of benzene rings is 1. The molecule has 122 valence electrons. The van der Waals surface area contributed by atoms with Gasteiger partial charge in [0.15, 0.2) is 12.1 Å². The molecule has 0 aliphatic carbocycles. The van der Waals surface area contributed by atoms with E-state index in [0.717, 1.165) is 5.56 Å². The normalized spacial score (nSPS) is 13.5. The van der Waals surface area contributed by atoms with Crippen molar-refractivity contribution in [3.05, 3.63) is 29.8 Å². The first kappa shape index (κ1) is 18.0. The summed E-state index contributed by atoms with van der Waals surface area (Å²) in [6.45, 7) is 5.13. The predicted octanol–water partition coefficient (Wildman–Crippen LogP) is 1.79. The molecule has 1 rings (SSSR count). The SMILES string of the molecule is COCC(C)(NC(=O)COc1cccc(C(C)C)c1)C(=O)O. The number of methoxy groups -OCH3 is 1. The second kappa shape index (κ2) is 7.79. The average Bonchev–Trinajstić information content (AvgIpc) is 2.45. The van der Waals surface area contributed by atoms with Crippen LogP contribution in [0.25, 0.3) is 0 Å². The lowest BCUT2D eigenvalue weighted by Crippen LogP contribution is -2.56. The van der Waals surface area contributed by atoms with E-state index in [1.54, 1.807) is 6.07 Å². The van der Waals surface area contributed by atoms with Crippen molar-refractivity contribution in [2.45, 2.75) is 32.2 Å². The highest BCUT2D eigenvalue weighted by Gasteiger charge is 2.35. The Labute approximate surface area is 130 Å². The number of carboxylic acid groups (broad SMARTS) is 1. The second-order valence-corrected chi connectivity index (χ2v) is 5.63. The van der Waals surface area contributed by atoms with Crippen molar-refractivity contribution in [2.75, 3.05) is 20.3 Å². The van der Waals surface area contributed by atoms with E-state index in [1.807, 2.05) is 18.2 Å². The van der Waals surface area contributed by atoms with Crippen molar-refractivity contribution in [3.8, 4) is 5.75 Å². The molecule has 1 amide bonds. The molecule has 2 N–H and O–H groups in total. The van der Waals surface area contributed by atoms with Crippen LogP contribution in [0.3, 0.4) is 0 Å². The number of carboxylic acids is 1. The van der Waals surface area contributed by atoms with Gasteiger partial charge in [0, 0.05) is 7.11 Å². The molecule has 0 saturated carbocycles. The third kappa shape index (κ3) is 5.04. The van der Waals surface area contributed by atoms with Crippen molar-refractivity contribution in [3.63, 3.8) is 0 Å². The van der Waals surface area contributed by atoms with Gasteiger partial charge in [-0.25, -0.2) is 4.79 Å².